The van der Waals surface area contributed by atoms with Crippen LogP contribution >= 0.6 is 0 Å². The SMILES string of the molecule is CC(C)(C)c1cc(-c2cc(-c3cccc4c3c3ccccc3n4-c3cccc(-c4cc(C(C)(C)C)cc(C(C)(C)C)c4)c3)ccn2)[c-]c(-c2cccc3c2nc(-c2ccccc2O)n3-c2cc(C(C)(C)C)cc(C(C)(C)C)c2)c1.[Pt]. The number of phenolic OH excluding ortho intramolecular Hbond substituents is 1. The maximum absolute atomic E-state index is 11.5. The Bertz CT molecular complexity index is 4110. The fraction of sp³-hybridized carbons (Fsp3) is 0.270. The number of fused-ring (bicyclic) bond motifs is 4. The summed E-state index contributed by atoms with van der Waals surface area (Å²) < 4.78 is 4.67. The van der Waals surface area contributed by atoms with Crippen molar-refractivity contribution >= 4 is 32.8 Å². The second kappa shape index (κ2) is 20.3. The van der Waals surface area contributed by atoms with Crippen molar-refractivity contribution in [3.8, 4) is 73.2 Å². The predicted molar refractivity (Wildman–Crippen MR) is 334 cm³/mol. The first-order valence-electron chi connectivity index (χ1n) is 28.0. The van der Waals surface area contributed by atoms with Crippen LogP contribution in [0, 0.1) is 6.07 Å². The van der Waals surface area contributed by atoms with E-state index in [1.54, 1.807) is 6.07 Å². The van der Waals surface area contributed by atoms with Crippen LogP contribution in [0.4, 0.5) is 0 Å². The second-order valence-corrected chi connectivity index (χ2v) is 27.0. The molecule has 0 amide bonds. The number of benzene rings is 8. The normalized spacial score (nSPS) is 12.6. The van der Waals surface area contributed by atoms with Gasteiger partial charge in [0.25, 0.3) is 0 Å². The average Bonchev–Trinajstić information content (AvgIpc) is 3.96. The van der Waals surface area contributed by atoms with E-state index in [0.717, 1.165) is 67.0 Å². The van der Waals surface area contributed by atoms with Gasteiger partial charge in [0.15, 0.2) is 0 Å². The van der Waals surface area contributed by atoms with Crippen molar-refractivity contribution in [1.29, 1.82) is 0 Å². The Balaban J connectivity index is 0.00000720. The van der Waals surface area contributed by atoms with E-state index in [1.807, 2.05) is 24.4 Å². The summed E-state index contributed by atoms with van der Waals surface area (Å²) in [5.41, 5.74) is 21.1. The van der Waals surface area contributed by atoms with Gasteiger partial charge in [0, 0.05) is 55.1 Å². The zero-order valence-corrected chi connectivity index (χ0v) is 51.6. The molecule has 0 unspecified atom stereocenters. The molecule has 3 heterocycles. The fourth-order valence-corrected chi connectivity index (χ4v) is 11.1. The van der Waals surface area contributed by atoms with E-state index in [9.17, 15) is 5.11 Å². The third kappa shape index (κ3) is 10.5. The molecule has 0 radical (unpaired) electrons. The van der Waals surface area contributed by atoms with Gasteiger partial charge in [0.2, 0.25) is 0 Å². The molecule has 0 aliphatic rings. The Morgan fingerprint density at radius 2 is 0.925 bits per heavy atom. The Hall–Kier alpha value is -7.33. The van der Waals surface area contributed by atoms with Crippen molar-refractivity contribution in [3.63, 3.8) is 0 Å². The van der Waals surface area contributed by atoms with Crippen molar-refractivity contribution in [2.45, 2.75) is 131 Å². The van der Waals surface area contributed by atoms with Gasteiger partial charge in [0.1, 0.15) is 11.6 Å². The molecular weight excluding hydrogens is 1160 g/mol. The number of phenols is 1. The van der Waals surface area contributed by atoms with Crippen LogP contribution in [-0.2, 0) is 48.1 Å². The molecule has 1 N–H and O–H groups in total. The van der Waals surface area contributed by atoms with E-state index in [-0.39, 0.29) is 53.9 Å². The minimum atomic E-state index is -0.198. The monoisotopic (exact) mass is 1230 g/mol. The van der Waals surface area contributed by atoms with Gasteiger partial charge in [-0.2, -0.15) is 0 Å². The number of pyridine rings is 1. The number of imidazole rings is 1. The van der Waals surface area contributed by atoms with Gasteiger partial charge >= 0.3 is 0 Å². The van der Waals surface area contributed by atoms with E-state index in [1.165, 1.54) is 49.7 Å². The third-order valence-corrected chi connectivity index (χ3v) is 15.9. The van der Waals surface area contributed by atoms with Gasteiger partial charge < -0.3 is 9.67 Å². The number of aromatic nitrogens is 4. The molecule has 0 spiro atoms. The maximum Gasteiger partial charge on any atom is 0.148 e. The molecule has 11 aromatic rings. The van der Waals surface area contributed by atoms with Crippen molar-refractivity contribution in [2.75, 3.05) is 0 Å². The van der Waals surface area contributed by atoms with E-state index in [4.69, 9.17) is 9.97 Å². The molecule has 0 aliphatic heterocycles. The summed E-state index contributed by atoms with van der Waals surface area (Å²) >= 11 is 0. The standard InChI is InChI=1S/C74H75N4O.Pt/c1-70(2,3)51-38-49(59-28-22-31-65-68(59)76-69(61-26-17-19-32-66(61)79)78(65)57-44-54(73(10,11)12)43-55(45-57)74(13,14)15)35-50(39-51)62-41-47(33-34-75-62)58-27-21-30-64-67(58)60-25-16-18-29-63(60)77(64)56-24-20-23-46(40-56)48-36-52(71(4,5)6)42-53(37-48)72(7,8)9;/h16-34,36-45,79H,1-15H3;/q-1;. The van der Waals surface area contributed by atoms with Crippen LogP contribution < -0.4 is 0 Å². The van der Waals surface area contributed by atoms with Crippen LogP contribution in [0.25, 0.3) is 100 Å². The molecule has 6 heteroatoms. The zero-order chi connectivity index (χ0) is 56.1. The molecular formula is C74H75N4OPt-. The number of hydrogen-bond acceptors (Lipinski definition) is 3. The first-order valence-corrected chi connectivity index (χ1v) is 28.0. The quantitative estimate of drug-likeness (QED) is 0.162. The van der Waals surface area contributed by atoms with Crippen LogP contribution in [-0.4, -0.2) is 24.2 Å². The molecule has 0 saturated heterocycles. The summed E-state index contributed by atoms with van der Waals surface area (Å²) in [5.74, 6) is 0.858. The number of hydrogen-bond donors (Lipinski definition) is 1. The number of nitrogens with zero attached hydrogens (tertiary/aromatic N) is 4. The molecule has 8 aromatic carbocycles. The summed E-state index contributed by atoms with van der Waals surface area (Å²) in [7, 11) is 0. The fourth-order valence-electron chi connectivity index (χ4n) is 11.1. The molecule has 0 bridgehead atoms. The third-order valence-electron chi connectivity index (χ3n) is 15.9. The first-order chi connectivity index (χ1) is 37.2. The van der Waals surface area contributed by atoms with Gasteiger partial charge in [-0.15, -0.1) is 29.3 Å². The van der Waals surface area contributed by atoms with Crippen molar-refractivity contribution in [3.05, 3.63) is 210 Å². The number of aromatic hydroxyl groups is 1. The predicted octanol–water partition coefficient (Wildman–Crippen LogP) is 19.8. The number of rotatable bonds is 7. The van der Waals surface area contributed by atoms with Crippen molar-refractivity contribution < 1.29 is 26.2 Å². The molecule has 0 saturated carbocycles. The summed E-state index contributed by atoms with van der Waals surface area (Å²) in [6.07, 6.45) is 1.94. The van der Waals surface area contributed by atoms with Gasteiger partial charge in [-0.05, 0) is 132 Å². The largest absolute Gasteiger partial charge is 0.507 e. The van der Waals surface area contributed by atoms with E-state index in [2.05, 4.69) is 265 Å². The van der Waals surface area contributed by atoms with Crippen LogP contribution in [0.5, 0.6) is 5.75 Å². The van der Waals surface area contributed by atoms with Crippen LogP contribution in [0.15, 0.2) is 176 Å². The number of para-hydroxylation sites is 3. The van der Waals surface area contributed by atoms with Gasteiger partial charge in [0.05, 0.1) is 27.6 Å². The first kappa shape index (κ1) is 56.0. The minimum Gasteiger partial charge on any atom is -0.507 e. The van der Waals surface area contributed by atoms with Crippen LogP contribution in [0.2, 0.25) is 0 Å². The summed E-state index contributed by atoms with van der Waals surface area (Å²) in [6, 6.07) is 65.4. The Labute approximate surface area is 489 Å². The van der Waals surface area contributed by atoms with Gasteiger partial charge in [-0.25, -0.2) is 4.98 Å². The minimum absolute atomic E-state index is 0. The molecule has 408 valence electrons. The maximum atomic E-state index is 11.5. The van der Waals surface area contributed by atoms with Gasteiger partial charge in [-0.1, -0.05) is 212 Å². The van der Waals surface area contributed by atoms with E-state index < -0.39 is 0 Å². The molecule has 3 aromatic heterocycles. The topological polar surface area (TPSA) is 55.9 Å². The Morgan fingerprint density at radius 3 is 1.56 bits per heavy atom. The average molecular weight is 1230 g/mol. The summed E-state index contributed by atoms with van der Waals surface area (Å²) in [4.78, 5) is 10.6. The van der Waals surface area contributed by atoms with E-state index in [0.29, 0.717) is 11.4 Å². The van der Waals surface area contributed by atoms with Crippen molar-refractivity contribution in [2.24, 2.45) is 0 Å². The summed E-state index contributed by atoms with van der Waals surface area (Å²) in [5, 5.41) is 13.9. The molecule has 11 rings (SSSR count). The zero-order valence-electron chi connectivity index (χ0n) is 49.3. The van der Waals surface area contributed by atoms with Crippen molar-refractivity contribution in [1.82, 2.24) is 19.1 Å². The molecule has 80 heavy (non-hydrogen) atoms. The molecule has 0 atom stereocenters. The molecule has 0 fully saturated rings. The molecule has 0 aliphatic carbocycles. The Morgan fingerprint density at radius 1 is 0.400 bits per heavy atom. The second-order valence-electron chi connectivity index (χ2n) is 27.0. The van der Waals surface area contributed by atoms with E-state index >= 15 is 0 Å². The molecule has 5 nitrogen and oxygen atoms in total. The van der Waals surface area contributed by atoms with Crippen LogP contribution in [0.3, 0.4) is 0 Å². The van der Waals surface area contributed by atoms with Crippen LogP contribution in [0.1, 0.15) is 132 Å². The smallest absolute Gasteiger partial charge is 0.148 e. The van der Waals surface area contributed by atoms with Gasteiger partial charge in [-0.3, -0.25) is 9.55 Å². The Kier molecular flexibility index (Phi) is 14.2. The summed E-state index contributed by atoms with van der Waals surface area (Å²) in [6.45, 7) is 34.2.